The van der Waals surface area contributed by atoms with Crippen LogP contribution in [0.25, 0.3) is 0 Å². The number of hydrogen-bond donors (Lipinski definition) is 2. The molecule has 1 aliphatic carbocycles. The molecule has 0 unspecified atom stereocenters. The third-order valence-electron chi connectivity index (χ3n) is 3.92. The van der Waals surface area contributed by atoms with Crippen LogP contribution >= 0.6 is 0 Å². The summed E-state index contributed by atoms with van der Waals surface area (Å²) in [4.78, 5) is 16.3. The number of aromatic nitrogens is 2. The zero-order chi connectivity index (χ0) is 14.6. The molecule has 0 spiro atoms. The van der Waals surface area contributed by atoms with E-state index >= 15 is 0 Å². The van der Waals surface area contributed by atoms with Crippen LogP contribution in [0.15, 0.2) is 4.52 Å². The lowest BCUT2D eigenvalue weighted by Crippen LogP contribution is -2.51. The van der Waals surface area contributed by atoms with Crippen LogP contribution in [-0.2, 0) is 11.2 Å². The lowest BCUT2D eigenvalue weighted by Gasteiger charge is -2.28. The van der Waals surface area contributed by atoms with Gasteiger partial charge >= 0.3 is 0 Å². The summed E-state index contributed by atoms with van der Waals surface area (Å²) in [5.74, 6) is 1.47. The van der Waals surface area contributed by atoms with Gasteiger partial charge in [-0.2, -0.15) is 4.98 Å². The first-order valence-corrected chi connectivity index (χ1v) is 7.38. The maximum absolute atomic E-state index is 12.0. The van der Waals surface area contributed by atoms with Crippen LogP contribution in [0.4, 0.5) is 0 Å². The number of amides is 1. The molecule has 1 aromatic heterocycles. The zero-order valence-corrected chi connectivity index (χ0v) is 12.3. The minimum Gasteiger partial charge on any atom is -0.349 e. The Morgan fingerprint density at radius 1 is 1.45 bits per heavy atom. The van der Waals surface area contributed by atoms with Crippen LogP contribution < -0.4 is 11.1 Å². The number of nitrogens with zero attached hydrogens (tertiary/aromatic N) is 2. The van der Waals surface area contributed by atoms with Gasteiger partial charge < -0.3 is 15.6 Å². The van der Waals surface area contributed by atoms with Gasteiger partial charge in [-0.3, -0.25) is 4.79 Å². The molecule has 1 amide bonds. The molecule has 0 aromatic carbocycles. The first kappa shape index (κ1) is 15.0. The molecule has 6 heteroatoms. The molecule has 20 heavy (non-hydrogen) atoms. The number of nitrogens with one attached hydrogen (secondary N) is 1. The quantitative estimate of drug-likeness (QED) is 0.823. The Morgan fingerprint density at radius 2 is 2.15 bits per heavy atom. The fraction of sp³-hybridized carbons (Fsp3) is 0.786. The molecule has 112 valence electrons. The summed E-state index contributed by atoms with van der Waals surface area (Å²) in [7, 11) is 0. The van der Waals surface area contributed by atoms with Crippen LogP contribution in [0.2, 0.25) is 0 Å². The fourth-order valence-corrected chi connectivity index (χ4v) is 2.61. The van der Waals surface area contributed by atoms with E-state index < -0.39 is 0 Å². The van der Waals surface area contributed by atoms with E-state index in [0.29, 0.717) is 31.1 Å². The van der Waals surface area contributed by atoms with Crippen LogP contribution in [0.5, 0.6) is 0 Å². The number of nitrogens with two attached hydrogens (primary N) is 1. The highest BCUT2D eigenvalue weighted by molar-refractivity contribution is 5.77. The third kappa shape index (κ3) is 3.56. The van der Waals surface area contributed by atoms with Gasteiger partial charge in [0.2, 0.25) is 11.8 Å². The van der Waals surface area contributed by atoms with Gasteiger partial charge in [-0.1, -0.05) is 31.8 Å². The smallest absolute Gasteiger partial charge is 0.227 e. The lowest BCUT2D eigenvalue weighted by molar-refractivity contribution is -0.123. The summed E-state index contributed by atoms with van der Waals surface area (Å²) in [6.45, 7) is 4.52. The molecule has 0 saturated heterocycles. The molecule has 3 N–H and O–H groups in total. The van der Waals surface area contributed by atoms with Crippen molar-refractivity contribution in [3.05, 3.63) is 11.7 Å². The molecule has 6 nitrogen and oxygen atoms in total. The fourth-order valence-electron chi connectivity index (χ4n) is 2.61. The predicted molar refractivity (Wildman–Crippen MR) is 75.1 cm³/mol. The monoisotopic (exact) mass is 280 g/mol. The number of aryl methyl sites for hydroxylation is 1. The SMILES string of the molecule is CC(C)c1noc(CCC(=O)NC2(CN)CCCC2)n1. The molecule has 2 rings (SSSR count). The molecular weight excluding hydrogens is 256 g/mol. The predicted octanol–water partition coefficient (Wildman–Crippen LogP) is 1.51. The van der Waals surface area contributed by atoms with E-state index in [2.05, 4.69) is 15.5 Å². The van der Waals surface area contributed by atoms with Crippen molar-refractivity contribution >= 4 is 5.91 Å². The van der Waals surface area contributed by atoms with Crippen molar-refractivity contribution in [2.75, 3.05) is 6.54 Å². The Bertz CT molecular complexity index is 450. The summed E-state index contributed by atoms with van der Waals surface area (Å²) in [5.41, 5.74) is 5.62. The van der Waals surface area contributed by atoms with Gasteiger partial charge in [-0.25, -0.2) is 0 Å². The van der Waals surface area contributed by atoms with Gasteiger partial charge in [0, 0.05) is 25.3 Å². The normalized spacial score (nSPS) is 17.6. The van der Waals surface area contributed by atoms with E-state index in [-0.39, 0.29) is 17.4 Å². The molecule has 0 bridgehead atoms. The molecule has 1 heterocycles. The van der Waals surface area contributed by atoms with Crippen molar-refractivity contribution in [3.63, 3.8) is 0 Å². The Kier molecular flexibility index (Phi) is 4.75. The molecule has 1 aliphatic rings. The van der Waals surface area contributed by atoms with E-state index in [1.807, 2.05) is 13.8 Å². The Hall–Kier alpha value is -1.43. The maximum atomic E-state index is 12.0. The number of rotatable bonds is 6. The molecule has 1 aromatic rings. The van der Waals surface area contributed by atoms with Gasteiger partial charge in [0.15, 0.2) is 5.82 Å². The van der Waals surface area contributed by atoms with Crippen molar-refractivity contribution in [2.24, 2.45) is 5.73 Å². The van der Waals surface area contributed by atoms with Gasteiger partial charge in [0.25, 0.3) is 0 Å². The summed E-state index contributed by atoms with van der Waals surface area (Å²) in [5, 5.41) is 6.98. The van der Waals surface area contributed by atoms with Crippen molar-refractivity contribution in [1.29, 1.82) is 0 Å². The van der Waals surface area contributed by atoms with Crippen LogP contribution in [-0.4, -0.2) is 28.1 Å². The summed E-state index contributed by atoms with van der Waals surface area (Å²) < 4.78 is 5.13. The summed E-state index contributed by atoms with van der Waals surface area (Å²) in [6, 6.07) is 0. The Balaban J connectivity index is 1.82. The standard InChI is InChI=1S/C14H24N4O2/c1-10(2)13-16-12(20-18-13)6-5-11(19)17-14(9-15)7-3-4-8-14/h10H,3-9,15H2,1-2H3,(H,17,19). The molecule has 0 radical (unpaired) electrons. The first-order chi connectivity index (χ1) is 9.54. The molecule has 0 aliphatic heterocycles. The lowest BCUT2D eigenvalue weighted by atomic mass is 9.97. The highest BCUT2D eigenvalue weighted by Crippen LogP contribution is 2.28. The van der Waals surface area contributed by atoms with Gasteiger partial charge in [0.05, 0.1) is 5.54 Å². The van der Waals surface area contributed by atoms with Gasteiger partial charge in [-0.05, 0) is 12.8 Å². The van der Waals surface area contributed by atoms with E-state index in [0.717, 1.165) is 25.7 Å². The highest BCUT2D eigenvalue weighted by Gasteiger charge is 2.33. The second-order valence-electron chi connectivity index (χ2n) is 5.94. The van der Waals surface area contributed by atoms with Crippen LogP contribution in [0, 0.1) is 0 Å². The maximum Gasteiger partial charge on any atom is 0.227 e. The largest absolute Gasteiger partial charge is 0.349 e. The van der Waals surface area contributed by atoms with Crippen molar-refractivity contribution in [1.82, 2.24) is 15.5 Å². The first-order valence-electron chi connectivity index (χ1n) is 7.38. The van der Waals surface area contributed by atoms with Crippen LogP contribution in [0.1, 0.15) is 63.6 Å². The van der Waals surface area contributed by atoms with E-state index in [4.69, 9.17) is 10.3 Å². The minimum absolute atomic E-state index is 0.0154. The molecule has 0 atom stereocenters. The second-order valence-corrected chi connectivity index (χ2v) is 5.94. The number of carbonyl (C=O) groups excluding carboxylic acids is 1. The van der Waals surface area contributed by atoms with Crippen molar-refractivity contribution in [3.8, 4) is 0 Å². The summed E-state index contributed by atoms with van der Waals surface area (Å²) >= 11 is 0. The molecule has 1 saturated carbocycles. The van der Waals surface area contributed by atoms with Crippen LogP contribution in [0.3, 0.4) is 0 Å². The Labute approximate surface area is 119 Å². The highest BCUT2D eigenvalue weighted by atomic mass is 16.5. The van der Waals surface area contributed by atoms with Crippen molar-refractivity contribution in [2.45, 2.75) is 63.8 Å². The van der Waals surface area contributed by atoms with E-state index in [1.165, 1.54) is 0 Å². The average Bonchev–Trinajstić information content (AvgIpc) is 3.06. The van der Waals surface area contributed by atoms with E-state index in [1.54, 1.807) is 0 Å². The zero-order valence-electron chi connectivity index (χ0n) is 12.3. The molecular formula is C14H24N4O2. The average molecular weight is 280 g/mol. The Morgan fingerprint density at radius 3 is 2.70 bits per heavy atom. The molecule has 1 fully saturated rings. The third-order valence-corrected chi connectivity index (χ3v) is 3.92. The topological polar surface area (TPSA) is 94.0 Å². The minimum atomic E-state index is -0.185. The van der Waals surface area contributed by atoms with Gasteiger partial charge in [0.1, 0.15) is 0 Å². The van der Waals surface area contributed by atoms with Crippen molar-refractivity contribution < 1.29 is 9.32 Å². The number of carbonyl (C=O) groups is 1. The summed E-state index contributed by atoms with van der Waals surface area (Å²) in [6.07, 6.45) is 5.08. The van der Waals surface area contributed by atoms with Gasteiger partial charge in [-0.15, -0.1) is 0 Å². The van der Waals surface area contributed by atoms with E-state index in [9.17, 15) is 4.79 Å². The second kappa shape index (κ2) is 6.35. The number of hydrogen-bond acceptors (Lipinski definition) is 5.